The Morgan fingerprint density at radius 1 is 1.00 bits per heavy atom. The van der Waals surface area contributed by atoms with Crippen LogP contribution in [-0.2, 0) is 9.84 Å². The van der Waals surface area contributed by atoms with Crippen LogP contribution in [0, 0.1) is 11.8 Å². The highest BCUT2D eigenvalue weighted by molar-refractivity contribution is 6.74. The molecule has 0 amide bonds. The Balaban J connectivity index is 1.09. The van der Waals surface area contributed by atoms with Gasteiger partial charge in [0.2, 0.25) is 0 Å². The van der Waals surface area contributed by atoms with Crippen molar-refractivity contribution in [1.82, 2.24) is 14.5 Å². The maximum absolute atomic E-state index is 13.0. The summed E-state index contributed by atoms with van der Waals surface area (Å²) in [5.41, 5.74) is 4.03. The maximum Gasteiger partial charge on any atom is 0.282 e. The van der Waals surface area contributed by atoms with Crippen LogP contribution in [0.2, 0.25) is 23.2 Å². The molecule has 0 radical (unpaired) electrons. The quantitative estimate of drug-likeness (QED) is 0.259. The van der Waals surface area contributed by atoms with Crippen molar-refractivity contribution in [3.8, 4) is 5.69 Å². The van der Waals surface area contributed by atoms with Crippen molar-refractivity contribution < 1.29 is 4.43 Å². The number of halogens is 1. The fraction of sp³-hybridized carbons (Fsp3) is 0.611. The molecular formula is C36H50ClN3O2Si. The third-order valence-corrected chi connectivity index (χ3v) is 16.2. The molecular weight excluding hydrogens is 570 g/mol. The Bertz CT molecular complexity index is 1560. The van der Waals surface area contributed by atoms with Crippen molar-refractivity contribution in [2.75, 3.05) is 26.2 Å². The highest BCUT2D eigenvalue weighted by Crippen LogP contribution is 2.45. The third-order valence-electron chi connectivity index (χ3n) is 11.4. The first kappa shape index (κ1) is 31.0. The molecule has 1 aromatic heterocycles. The summed E-state index contributed by atoms with van der Waals surface area (Å²) in [6.45, 7) is 20.7. The van der Waals surface area contributed by atoms with Crippen LogP contribution in [0.3, 0.4) is 0 Å². The molecule has 5 nitrogen and oxygen atoms in total. The number of likely N-dealkylation sites (tertiary alicyclic amines) is 1. The minimum absolute atomic E-state index is 0.242. The molecule has 2 fully saturated rings. The lowest BCUT2D eigenvalue weighted by Gasteiger charge is -2.39. The zero-order valence-electron chi connectivity index (χ0n) is 27.3. The lowest BCUT2D eigenvalue weighted by Crippen LogP contribution is -2.42. The SMILES string of the molecule is CC1(C)c2ccc(C3CCN(CC4CCC(CO[Si](C)(C)C(C)(C)C)CC4)CC3)cc2-n2c1nc(=O)c1c(Cl)cccc12. The number of fused-ring (bicyclic) bond motifs is 5. The second-order valence-corrected chi connectivity index (χ2v) is 20.9. The summed E-state index contributed by atoms with van der Waals surface area (Å²) in [5, 5.41) is 1.26. The van der Waals surface area contributed by atoms with Crippen LogP contribution in [-0.4, -0.2) is 49.0 Å². The van der Waals surface area contributed by atoms with E-state index in [2.05, 4.69) is 80.4 Å². The predicted octanol–water partition coefficient (Wildman–Crippen LogP) is 8.69. The number of nitrogens with zero attached hydrogens (tertiary/aromatic N) is 3. The van der Waals surface area contributed by atoms with Crippen LogP contribution >= 0.6 is 11.6 Å². The van der Waals surface area contributed by atoms with Gasteiger partial charge in [-0.15, -0.1) is 0 Å². The molecule has 2 aromatic carbocycles. The van der Waals surface area contributed by atoms with Crippen LogP contribution in [0.15, 0.2) is 41.2 Å². The highest BCUT2D eigenvalue weighted by atomic mass is 35.5. The first-order valence-corrected chi connectivity index (χ1v) is 19.8. The molecule has 1 aliphatic carbocycles. The average molecular weight is 620 g/mol. The Labute approximate surface area is 264 Å². The summed E-state index contributed by atoms with van der Waals surface area (Å²) in [6, 6.07) is 12.7. The van der Waals surface area contributed by atoms with Gasteiger partial charge in [0.25, 0.3) is 5.56 Å². The van der Waals surface area contributed by atoms with Crippen LogP contribution in [0.5, 0.6) is 0 Å². The summed E-state index contributed by atoms with van der Waals surface area (Å²) in [5.74, 6) is 2.93. The molecule has 7 heteroatoms. The molecule has 0 spiro atoms. The lowest BCUT2D eigenvalue weighted by atomic mass is 9.81. The van der Waals surface area contributed by atoms with Crippen molar-refractivity contribution in [2.24, 2.45) is 11.8 Å². The van der Waals surface area contributed by atoms with Crippen molar-refractivity contribution in [3.63, 3.8) is 0 Å². The van der Waals surface area contributed by atoms with E-state index in [0.717, 1.165) is 35.5 Å². The first-order chi connectivity index (χ1) is 20.3. The molecule has 3 aromatic rings. The van der Waals surface area contributed by atoms with E-state index in [1.807, 2.05) is 12.1 Å². The molecule has 232 valence electrons. The number of rotatable bonds is 6. The molecule has 43 heavy (non-hydrogen) atoms. The number of benzene rings is 2. The van der Waals surface area contributed by atoms with Gasteiger partial charge >= 0.3 is 0 Å². The second kappa shape index (κ2) is 11.4. The summed E-state index contributed by atoms with van der Waals surface area (Å²) >= 11 is 6.49. The van der Waals surface area contributed by atoms with E-state index in [9.17, 15) is 4.79 Å². The van der Waals surface area contributed by atoms with Gasteiger partial charge < -0.3 is 9.33 Å². The van der Waals surface area contributed by atoms with Crippen molar-refractivity contribution in [2.45, 2.75) is 103 Å². The minimum atomic E-state index is -1.65. The Morgan fingerprint density at radius 2 is 1.67 bits per heavy atom. The number of aromatic nitrogens is 2. The van der Waals surface area contributed by atoms with E-state index in [4.69, 9.17) is 16.0 Å². The molecule has 6 rings (SSSR count). The van der Waals surface area contributed by atoms with Crippen LogP contribution < -0.4 is 5.56 Å². The van der Waals surface area contributed by atoms with Crippen LogP contribution in [0.4, 0.5) is 0 Å². The van der Waals surface area contributed by atoms with Gasteiger partial charge in [0, 0.05) is 13.2 Å². The van der Waals surface area contributed by atoms with Gasteiger partial charge in [0.15, 0.2) is 8.32 Å². The third kappa shape index (κ3) is 5.78. The predicted molar refractivity (Wildman–Crippen MR) is 181 cm³/mol. The first-order valence-electron chi connectivity index (χ1n) is 16.5. The Hall–Kier alpha value is -1.99. The molecule has 3 aliphatic rings. The van der Waals surface area contributed by atoms with E-state index in [-0.39, 0.29) is 16.0 Å². The molecule has 0 bridgehead atoms. The summed E-state index contributed by atoms with van der Waals surface area (Å²) in [7, 11) is -1.65. The van der Waals surface area contributed by atoms with Gasteiger partial charge in [0.05, 0.1) is 27.0 Å². The Kier molecular flexibility index (Phi) is 8.24. The largest absolute Gasteiger partial charge is 0.417 e. The van der Waals surface area contributed by atoms with Crippen molar-refractivity contribution in [3.05, 3.63) is 68.7 Å². The van der Waals surface area contributed by atoms with E-state index in [0.29, 0.717) is 16.3 Å². The molecule has 0 unspecified atom stereocenters. The fourth-order valence-electron chi connectivity index (χ4n) is 7.46. The van der Waals surface area contributed by atoms with Gasteiger partial charge in [-0.05, 0) is 131 Å². The molecule has 0 N–H and O–H groups in total. The zero-order valence-corrected chi connectivity index (χ0v) is 29.1. The second-order valence-electron chi connectivity index (χ2n) is 15.6. The standard InChI is InChI=1S/C36H50ClN3O2Si/c1-35(2,3)43(6,7)42-23-25-13-11-24(12-14-25)22-39-19-17-26(18-20-39)27-15-16-28-31(21-27)40-30-10-8-9-29(37)32(30)33(41)38-34(40)36(28,4)5/h8-10,15-16,21,24-26H,11-14,17-20,22-23H2,1-7H3. The van der Waals surface area contributed by atoms with Crippen LogP contribution in [0.25, 0.3) is 16.6 Å². The molecule has 1 saturated heterocycles. The van der Waals surface area contributed by atoms with Gasteiger partial charge in [-0.2, -0.15) is 4.98 Å². The smallest absolute Gasteiger partial charge is 0.282 e. The van der Waals surface area contributed by atoms with E-state index < -0.39 is 8.32 Å². The lowest BCUT2D eigenvalue weighted by molar-refractivity contribution is 0.129. The van der Waals surface area contributed by atoms with E-state index in [1.54, 1.807) is 6.07 Å². The number of hydrogen-bond acceptors (Lipinski definition) is 4. The normalized spacial score (nSPS) is 23.0. The van der Waals surface area contributed by atoms with E-state index >= 15 is 0 Å². The minimum Gasteiger partial charge on any atom is -0.417 e. The molecule has 2 aliphatic heterocycles. The van der Waals surface area contributed by atoms with Gasteiger partial charge in [0.1, 0.15) is 5.82 Å². The fourth-order valence-corrected chi connectivity index (χ4v) is 8.80. The summed E-state index contributed by atoms with van der Waals surface area (Å²) in [4.78, 5) is 20.3. The van der Waals surface area contributed by atoms with Gasteiger partial charge in [-0.1, -0.05) is 50.6 Å². The van der Waals surface area contributed by atoms with E-state index in [1.165, 1.54) is 69.3 Å². The number of piperidine rings is 1. The van der Waals surface area contributed by atoms with Gasteiger partial charge in [-0.3, -0.25) is 9.36 Å². The zero-order chi connectivity index (χ0) is 30.7. The van der Waals surface area contributed by atoms with Crippen molar-refractivity contribution >= 4 is 30.8 Å². The molecule has 0 atom stereocenters. The average Bonchev–Trinajstić information content (AvgIpc) is 3.18. The molecule has 3 heterocycles. The van der Waals surface area contributed by atoms with Gasteiger partial charge in [-0.25, -0.2) is 0 Å². The Morgan fingerprint density at radius 3 is 2.35 bits per heavy atom. The molecule has 1 saturated carbocycles. The summed E-state index contributed by atoms with van der Waals surface area (Å²) in [6.07, 6.45) is 7.73. The topological polar surface area (TPSA) is 47.4 Å². The highest BCUT2D eigenvalue weighted by Gasteiger charge is 2.40. The monoisotopic (exact) mass is 619 g/mol. The summed E-state index contributed by atoms with van der Waals surface area (Å²) < 4.78 is 8.75. The maximum atomic E-state index is 13.0. The van der Waals surface area contributed by atoms with Crippen molar-refractivity contribution in [1.29, 1.82) is 0 Å². The number of hydrogen-bond donors (Lipinski definition) is 0. The van der Waals surface area contributed by atoms with Crippen LogP contribution in [0.1, 0.15) is 96.0 Å².